The SMILES string of the molecule is O=C1O[C@@H]2[C@H]3C[C@@H](C[C@@H]13)[C@H]2Sc1ccccc1. The fourth-order valence-electron chi connectivity index (χ4n) is 3.72. The van der Waals surface area contributed by atoms with Crippen molar-refractivity contribution in [1.82, 2.24) is 0 Å². The maximum absolute atomic E-state index is 11.7. The number of rotatable bonds is 2. The summed E-state index contributed by atoms with van der Waals surface area (Å²) in [6.07, 6.45) is 2.45. The molecule has 17 heavy (non-hydrogen) atoms. The van der Waals surface area contributed by atoms with E-state index in [2.05, 4.69) is 24.3 Å². The van der Waals surface area contributed by atoms with Crippen LogP contribution in [0, 0.1) is 17.8 Å². The Morgan fingerprint density at radius 2 is 2.00 bits per heavy atom. The third-order valence-electron chi connectivity index (χ3n) is 4.43. The van der Waals surface area contributed by atoms with Gasteiger partial charge in [0.05, 0.1) is 5.92 Å². The van der Waals surface area contributed by atoms with Gasteiger partial charge in [0, 0.05) is 16.1 Å². The highest BCUT2D eigenvalue weighted by Gasteiger charge is 2.61. The average molecular weight is 246 g/mol. The van der Waals surface area contributed by atoms with Gasteiger partial charge in [-0.2, -0.15) is 0 Å². The summed E-state index contributed by atoms with van der Waals surface area (Å²) in [5.74, 6) is 1.51. The lowest BCUT2D eigenvalue weighted by atomic mass is 9.89. The fraction of sp³-hybridized carbons (Fsp3) is 0.500. The molecule has 0 unspecified atom stereocenters. The number of ether oxygens (including phenoxy) is 1. The van der Waals surface area contributed by atoms with Crippen LogP contribution in [0.15, 0.2) is 35.2 Å². The van der Waals surface area contributed by atoms with Crippen LogP contribution in [0.3, 0.4) is 0 Å². The van der Waals surface area contributed by atoms with E-state index in [0.29, 0.717) is 17.1 Å². The molecule has 5 atom stereocenters. The zero-order valence-corrected chi connectivity index (χ0v) is 10.2. The molecule has 1 heterocycles. The summed E-state index contributed by atoms with van der Waals surface area (Å²) in [5.41, 5.74) is 0. The standard InChI is InChI=1S/C14H14O2S/c15-14-11-7-8-6-10(11)12(16-14)13(8)17-9-4-2-1-3-5-9/h1-5,8,10-13H,6-7H2/t8-,10-,11+,12+,13+/m0/s1. The molecule has 0 spiro atoms. The maximum atomic E-state index is 11.7. The summed E-state index contributed by atoms with van der Waals surface area (Å²) in [6, 6.07) is 10.5. The monoisotopic (exact) mass is 246 g/mol. The molecule has 3 heteroatoms. The van der Waals surface area contributed by atoms with Gasteiger partial charge in [0.1, 0.15) is 6.10 Å². The zero-order valence-electron chi connectivity index (χ0n) is 9.41. The molecule has 88 valence electrons. The van der Waals surface area contributed by atoms with Crippen molar-refractivity contribution in [2.45, 2.75) is 29.1 Å². The van der Waals surface area contributed by atoms with Crippen LogP contribution in [-0.4, -0.2) is 17.3 Å². The minimum Gasteiger partial charge on any atom is -0.461 e. The van der Waals surface area contributed by atoms with Gasteiger partial charge in [0.2, 0.25) is 0 Å². The minimum atomic E-state index is 0.0682. The van der Waals surface area contributed by atoms with E-state index < -0.39 is 0 Å². The van der Waals surface area contributed by atoms with E-state index in [1.54, 1.807) is 0 Å². The number of hydrogen-bond donors (Lipinski definition) is 0. The second kappa shape index (κ2) is 3.52. The molecule has 2 aliphatic carbocycles. The Kier molecular flexibility index (Phi) is 2.07. The predicted octanol–water partition coefficient (Wildman–Crippen LogP) is 2.73. The van der Waals surface area contributed by atoms with Gasteiger partial charge in [0.25, 0.3) is 0 Å². The number of carbonyl (C=O) groups is 1. The van der Waals surface area contributed by atoms with Gasteiger partial charge < -0.3 is 4.74 Å². The molecule has 1 saturated heterocycles. The third kappa shape index (κ3) is 1.38. The van der Waals surface area contributed by atoms with Crippen LogP contribution in [0.5, 0.6) is 0 Å². The second-order valence-corrected chi connectivity index (χ2v) is 6.55. The first-order valence-corrected chi connectivity index (χ1v) is 7.13. The molecule has 1 aliphatic heterocycles. The van der Waals surface area contributed by atoms with Gasteiger partial charge >= 0.3 is 5.97 Å². The van der Waals surface area contributed by atoms with Crippen molar-refractivity contribution in [3.8, 4) is 0 Å². The van der Waals surface area contributed by atoms with Crippen LogP contribution in [0.1, 0.15) is 12.8 Å². The van der Waals surface area contributed by atoms with Crippen LogP contribution in [0.4, 0.5) is 0 Å². The number of hydrogen-bond acceptors (Lipinski definition) is 3. The summed E-state index contributed by atoms with van der Waals surface area (Å²) < 4.78 is 5.56. The Morgan fingerprint density at radius 3 is 2.82 bits per heavy atom. The number of carbonyl (C=O) groups excluding carboxylic acids is 1. The van der Waals surface area contributed by atoms with Crippen LogP contribution in [0.2, 0.25) is 0 Å². The number of esters is 1. The van der Waals surface area contributed by atoms with Crippen molar-refractivity contribution in [3.05, 3.63) is 30.3 Å². The molecule has 1 aromatic rings. The second-order valence-electron chi connectivity index (χ2n) is 5.30. The Labute approximate surface area is 105 Å². The number of benzene rings is 1. The van der Waals surface area contributed by atoms with E-state index in [1.165, 1.54) is 11.3 Å². The zero-order chi connectivity index (χ0) is 11.4. The van der Waals surface area contributed by atoms with E-state index in [4.69, 9.17) is 4.74 Å². The molecular weight excluding hydrogens is 232 g/mol. The first kappa shape index (κ1) is 10.0. The van der Waals surface area contributed by atoms with Crippen molar-refractivity contribution in [3.63, 3.8) is 0 Å². The van der Waals surface area contributed by atoms with Gasteiger partial charge in [-0.25, -0.2) is 0 Å². The van der Waals surface area contributed by atoms with Crippen molar-refractivity contribution in [1.29, 1.82) is 0 Å². The summed E-state index contributed by atoms with van der Waals surface area (Å²) in [4.78, 5) is 13.0. The summed E-state index contributed by atoms with van der Waals surface area (Å²) in [5, 5.41) is 0.491. The summed E-state index contributed by atoms with van der Waals surface area (Å²) >= 11 is 1.90. The molecule has 1 aromatic carbocycles. The van der Waals surface area contributed by atoms with Crippen LogP contribution >= 0.6 is 11.8 Å². The van der Waals surface area contributed by atoms with E-state index in [9.17, 15) is 4.79 Å². The molecule has 0 N–H and O–H groups in total. The minimum absolute atomic E-state index is 0.0682. The number of thioether (sulfide) groups is 1. The molecule has 3 fully saturated rings. The average Bonchev–Trinajstić information content (AvgIpc) is 2.95. The van der Waals surface area contributed by atoms with Crippen molar-refractivity contribution >= 4 is 17.7 Å². The van der Waals surface area contributed by atoms with E-state index in [0.717, 1.165) is 6.42 Å². The van der Waals surface area contributed by atoms with E-state index in [-0.39, 0.29) is 18.0 Å². The van der Waals surface area contributed by atoms with Crippen molar-refractivity contribution in [2.75, 3.05) is 0 Å². The molecule has 2 bridgehead atoms. The first-order chi connectivity index (χ1) is 8.33. The predicted molar refractivity (Wildman–Crippen MR) is 65.7 cm³/mol. The lowest BCUT2D eigenvalue weighted by Gasteiger charge is -2.24. The van der Waals surface area contributed by atoms with Crippen LogP contribution in [-0.2, 0) is 9.53 Å². The highest BCUT2D eigenvalue weighted by molar-refractivity contribution is 8.00. The highest BCUT2D eigenvalue weighted by Crippen LogP contribution is 2.58. The maximum Gasteiger partial charge on any atom is 0.309 e. The number of fused-ring (bicyclic) bond motifs is 1. The van der Waals surface area contributed by atoms with Gasteiger partial charge in [-0.15, -0.1) is 11.8 Å². The Balaban J connectivity index is 1.59. The molecule has 0 radical (unpaired) electrons. The van der Waals surface area contributed by atoms with E-state index in [1.807, 2.05) is 17.8 Å². The Hall–Kier alpha value is -0.960. The topological polar surface area (TPSA) is 26.3 Å². The van der Waals surface area contributed by atoms with Crippen LogP contribution < -0.4 is 0 Å². The Bertz CT molecular complexity index is 459. The summed E-state index contributed by atoms with van der Waals surface area (Å²) in [6.45, 7) is 0. The first-order valence-electron chi connectivity index (χ1n) is 6.25. The lowest BCUT2D eigenvalue weighted by Crippen LogP contribution is -2.29. The molecule has 2 saturated carbocycles. The van der Waals surface area contributed by atoms with Crippen LogP contribution in [0.25, 0.3) is 0 Å². The van der Waals surface area contributed by atoms with Gasteiger partial charge in [-0.1, -0.05) is 18.2 Å². The quantitative estimate of drug-likeness (QED) is 0.751. The Morgan fingerprint density at radius 1 is 1.18 bits per heavy atom. The smallest absolute Gasteiger partial charge is 0.309 e. The molecule has 2 nitrogen and oxygen atoms in total. The van der Waals surface area contributed by atoms with Gasteiger partial charge in [0.15, 0.2) is 0 Å². The van der Waals surface area contributed by atoms with Gasteiger partial charge in [-0.3, -0.25) is 4.79 Å². The summed E-state index contributed by atoms with van der Waals surface area (Å²) in [7, 11) is 0. The molecule has 4 rings (SSSR count). The lowest BCUT2D eigenvalue weighted by molar-refractivity contribution is -0.143. The normalized spacial score (nSPS) is 41.9. The molecule has 0 aromatic heterocycles. The van der Waals surface area contributed by atoms with Crippen molar-refractivity contribution < 1.29 is 9.53 Å². The highest BCUT2D eigenvalue weighted by atomic mass is 32.2. The molecular formula is C14H14O2S. The molecule has 3 aliphatic rings. The third-order valence-corrected chi connectivity index (χ3v) is 5.90. The van der Waals surface area contributed by atoms with Crippen molar-refractivity contribution in [2.24, 2.45) is 17.8 Å². The van der Waals surface area contributed by atoms with E-state index >= 15 is 0 Å². The fourth-order valence-corrected chi connectivity index (χ4v) is 5.16. The molecule has 0 amide bonds. The largest absolute Gasteiger partial charge is 0.461 e. The van der Waals surface area contributed by atoms with Gasteiger partial charge in [-0.05, 0) is 30.9 Å².